The van der Waals surface area contributed by atoms with Gasteiger partial charge in [-0.2, -0.15) is 0 Å². The fraction of sp³-hybridized carbons (Fsp3) is 0.375. The number of carbonyl (C=O) groups excluding carboxylic acids is 3. The number of carbonyl (C=O) groups is 3. The number of terminal acetylenes is 1. The van der Waals surface area contributed by atoms with Crippen LogP contribution in [0.4, 0.5) is 16.2 Å². The summed E-state index contributed by atoms with van der Waals surface area (Å²) >= 11 is 1.19. The SMILES string of the molecule is C#Cc1ccc(OC(=O)NC2(C(=O)Nc3ccc(N4CCOCC4=O)c(C)c3)CCCC2)s1. The minimum atomic E-state index is -1.05. The number of hydrogen-bond acceptors (Lipinski definition) is 6. The number of hydrogen-bond donors (Lipinski definition) is 2. The number of thiophene rings is 1. The molecule has 1 saturated carbocycles. The molecule has 3 amide bonds. The monoisotopic (exact) mass is 467 g/mol. The molecule has 2 N–H and O–H groups in total. The molecule has 8 nitrogen and oxygen atoms in total. The molecular weight excluding hydrogens is 442 g/mol. The fourth-order valence-corrected chi connectivity index (χ4v) is 4.88. The highest BCUT2D eigenvalue weighted by Gasteiger charge is 2.43. The van der Waals surface area contributed by atoms with Gasteiger partial charge in [-0.1, -0.05) is 30.1 Å². The molecule has 0 spiro atoms. The molecule has 1 aliphatic heterocycles. The number of amides is 3. The van der Waals surface area contributed by atoms with Crippen molar-refractivity contribution in [2.45, 2.75) is 38.1 Å². The molecule has 1 aromatic heterocycles. The van der Waals surface area contributed by atoms with Crippen molar-refractivity contribution in [1.29, 1.82) is 0 Å². The van der Waals surface area contributed by atoms with Gasteiger partial charge < -0.3 is 25.0 Å². The largest absolute Gasteiger partial charge is 0.414 e. The maximum absolute atomic E-state index is 13.2. The van der Waals surface area contributed by atoms with Gasteiger partial charge in [-0.05, 0) is 55.7 Å². The van der Waals surface area contributed by atoms with Gasteiger partial charge in [-0.3, -0.25) is 9.59 Å². The van der Waals surface area contributed by atoms with Crippen LogP contribution in [0.1, 0.15) is 36.1 Å². The van der Waals surface area contributed by atoms with Gasteiger partial charge in [0.1, 0.15) is 12.1 Å². The van der Waals surface area contributed by atoms with E-state index >= 15 is 0 Å². The van der Waals surface area contributed by atoms with Crippen LogP contribution in [0.15, 0.2) is 30.3 Å². The number of ether oxygens (including phenoxy) is 2. The zero-order chi connectivity index (χ0) is 23.4. The van der Waals surface area contributed by atoms with Gasteiger partial charge >= 0.3 is 6.09 Å². The van der Waals surface area contributed by atoms with Crippen molar-refractivity contribution in [2.75, 3.05) is 30.0 Å². The molecule has 1 saturated heterocycles. The first-order valence-electron chi connectivity index (χ1n) is 10.8. The summed E-state index contributed by atoms with van der Waals surface area (Å²) in [6, 6.07) is 8.73. The number of nitrogens with zero attached hydrogens (tertiary/aromatic N) is 1. The topological polar surface area (TPSA) is 97.0 Å². The second kappa shape index (κ2) is 9.65. The second-order valence-electron chi connectivity index (χ2n) is 8.12. The lowest BCUT2D eigenvalue weighted by atomic mass is 9.96. The third-order valence-corrected chi connectivity index (χ3v) is 6.78. The summed E-state index contributed by atoms with van der Waals surface area (Å²) in [5.74, 6) is 2.11. The molecule has 2 aliphatic rings. The van der Waals surface area contributed by atoms with Crippen LogP contribution in [-0.4, -0.2) is 43.2 Å². The Morgan fingerprint density at radius 1 is 1.24 bits per heavy atom. The summed E-state index contributed by atoms with van der Waals surface area (Å²) in [5, 5.41) is 6.09. The molecule has 1 aromatic carbocycles. The summed E-state index contributed by atoms with van der Waals surface area (Å²) in [6.07, 6.45) is 7.36. The van der Waals surface area contributed by atoms with Crippen molar-refractivity contribution in [3.05, 3.63) is 40.8 Å². The second-order valence-corrected chi connectivity index (χ2v) is 9.17. The van der Waals surface area contributed by atoms with E-state index in [2.05, 4.69) is 16.6 Å². The van der Waals surface area contributed by atoms with Crippen LogP contribution >= 0.6 is 11.3 Å². The Labute approximate surface area is 196 Å². The average Bonchev–Trinajstić information content (AvgIpc) is 3.45. The van der Waals surface area contributed by atoms with Crippen molar-refractivity contribution in [1.82, 2.24) is 5.32 Å². The third kappa shape index (κ3) is 5.02. The average molecular weight is 468 g/mol. The summed E-state index contributed by atoms with van der Waals surface area (Å²) in [6.45, 7) is 2.94. The molecule has 1 aliphatic carbocycles. The number of anilines is 2. The first-order valence-corrected chi connectivity index (χ1v) is 11.6. The predicted octanol–water partition coefficient (Wildman–Crippen LogP) is 3.44. The summed E-state index contributed by atoms with van der Waals surface area (Å²) in [5.41, 5.74) is 1.20. The molecule has 172 valence electrons. The first kappa shape index (κ1) is 22.8. The van der Waals surface area contributed by atoms with Crippen molar-refractivity contribution in [3.63, 3.8) is 0 Å². The minimum Gasteiger partial charge on any atom is -0.399 e. The predicted molar refractivity (Wildman–Crippen MR) is 126 cm³/mol. The van der Waals surface area contributed by atoms with Crippen LogP contribution < -0.4 is 20.3 Å². The smallest absolute Gasteiger partial charge is 0.399 e. The number of benzene rings is 1. The summed E-state index contributed by atoms with van der Waals surface area (Å²) < 4.78 is 10.5. The van der Waals surface area contributed by atoms with Gasteiger partial charge in [-0.15, -0.1) is 6.42 Å². The lowest BCUT2D eigenvalue weighted by molar-refractivity contribution is -0.125. The minimum absolute atomic E-state index is 0.0672. The summed E-state index contributed by atoms with van der Waals surface area (Å²) in [4.78, 5) is 40.3. The van der Waals surface area contributed by atoms with E-state index in [4.69, 9.17) is 15.9 Å². The van der Waals surface area contributed by atoms with Gasteiger partial charge in [0.05, 0.1) is 11.5 Å². The van der Waals surface area contributed by atoms with Gasteiger partial charge in [0.2, 0.25) is 5.91 Å². The zero-order valence-electron chi connectivity index (χ0n) is 18.3. The summed E-state index contributed by atoms with van der Waals surface area (Å²) in [7, 11) is 0. The Morgan fingerprint density at radius 2 is 2.03 bits per heavy atom. The Balaban J connectivity index is 1.44. The molecule has 0 radical (unpaired) electrons. The lowest BCUT2D eigenvalue weighted by Crippen LogP contribution is -2.55. The molecule has 2 heterocycles. The quantitative estimate of drug-likeness (QED) is 0.657. The normalized spacial score (nSPS) is 17.3. The molecule has 33 heavy (non-hydrogen) atoms. The van der Waals surface area contributed by atoms with Crippen LogP contribution in [0.25, 0.3) is 0 Å². The van der Waals surface area contributed by atoms with Crippen LogP contribution in [0.5, 0.6) is 5.06 Å². The van der Waals surface area contributed by atoms with Crippen LogP contribution in [-0.2, 0) is 14.3 Å². The Hall–Kier alpha value is -3.35. The molecule has 0 bridgehead atoms. The van der Waals surface area contributed by atoms with E-state index in [9.17, 15) is 14.4 Å². The van der Waals surface area contributed by atoms with E-state index in [-0.39, 0.29) is 18.4 Å². The molecule has 0 unspecified atom stereocenters. The molecular formula is C24H25N3O5S. The van der Waals surface area contributed by atoms with Gasteiger partial charge in [0, 0.05) is 17.9 Å². The maximum atomic E-state index is 13.2. The maximum Gasteiger partial charge on any atom is 0.414 e. The molecule has 0 atom stereocenters. The van der Waals surface area contributed by atoms with Crippen LogP contribution in [0.3, 0.4) is 0 Å². The molecule has 4 rings (SSSR count). The van der Waals surface area contributed by atoms with E-state index in [0.29, 0.717) is 41.6 Å². The van der Waals surface area contributed by atoms with Gasteiger partial charge in [0.25, 0.3) is 5.91 Å². The van der Waals surface area contributed by atoms with Crippen molar-refractivity contribution < 1.29 is 23.9 Å². The van der Waals surface area contributed by atoms with E-state index < -0.39 is 11.6 Å². The van der Waals surface area contributed by atoms with E-state index in [0.717, 1.165) is 24.1 Å². The van der Waals surface area contributed by atoms with E-state index in [1.807, 2.05) is 19.1 Å². The Kier molecular flexibility index (Phi) is 6.67. The van der Waals surface area contributed by atoms with E-state index in [1.165, 1.54) is 11.3 Å². The number of aryl methyl sites for hydroxylation is 1. The van der Waals surface area contributed by atoms with Crippen molar-refractivity contribution >= 4 is 40.6 Å². The van der Waals surface area contributed by atoms with Crippen molar-refractivity contribution in [2.24, 2.45) is 0 Å². The number of rotatable bonds is 5. The van der Waals surface area contributed by atoms with Gasteiger partial charge in [-0.25, -0.2) is 4.79 Å². The van der Waals surface area contributed by atoms with Crippen LogP contribution in [0, 0.1) is 19.3 Å². The first-order chi connectivity index (χ1) is 15.9. The highest BCUT2D eigenvalue weighted by Crippen LogP contribution is 2.33. The molecule has 2 aromatic rings. The molecule has 9 heteroatoms. The lowest BCUT2D eigenvalue weighted by Gasteiger charge is -2.29. The molecule has 2 fully saturated rings. The number of morpholine rings is 1. The highest BCUT2D eigenvalue weighted by molar-refractivity contribution is 7.14. The van der Waals surface area contributed by atoms with Gasteiger partial charge in [0.15, 0.2) is 5.06 Å². The highest BCUT2D eigenvalue weighted by atomic mass is 32.1. The Bertz CT molecular complexity index is 1110. The third-order valence-electron chi connectivity index (χ3n) is 5.88. The Morgan fingerprint density at radius 3 is 2.70 bits per heavy atom. The van der Waals surface area contributed by atoms with Crippen molar-refractivity contribution in [3.8, 4) is 17.4 Å². The fourth-order valence-electron chi connectivity index (χ4n) is 4.21. The standard InChI is InChI=1S/C24H25N3O5S/c1-3-18-7-9-21(33-18)32-23(30)26-24(10-4-5-11-24)22(29)25-17-6-8-19(16(2)14-17)27-12-13-31-15-20(27)28/h1,6-9,14H,4-5,10-13,15H2,2H3,(H,25,29)(H,26,30). The zero-order valence-corrected chi connectivity index (χ0v) is 19.1. The van der Waals surface area contributed by atoms with E-state index in [1.54, 1.807) is 23.1 Å². The van der Waals surface area contributed by atoms with Crippen LogP contribution in [0.2, 0.25) is 0 Å². The number of nitrogens with one attached hydrogen (secondary N) is 2.